The Morgan fingerprint density at radius 1 is 1.08 bits per heavy atom. The Hall–Kier alpha value is -2.88. The maximum absolute atomic E-state index is 13.7. The lowest BCUT2D eigenvalue weighted by Gasteiger charge is -2.09. The van der Waals surface area contributed by atoms with Crippen LogP contribution in [0.4, 0.5) is 14.6 Å². The van der Waals surface area contributed by atoms with Gasteiger partial charge in [-0.25, -0.2) is 31.8 Å². The second-order valence-corrected chi connectivity index (χ2v) is 6.93. The summed E-state index contributed by atoms with van der Waals surface area (Å²) in [6, 6.07) is 5.39. The second kappa shape index (κ2) is 6.20. The molecule has 0 amide bonds. The van der Waals surface area contributed by atoms with Gasteiger partial charge in [-0.15, -0.1) is 0 Å². The van der Waals surface area contributed by atoms with Gasteiger partial charge in [-0.1, -0.05) is 0 Å². The Bertz CT molecular complexity index is 1050. The lowest BCUT2D eigenvalue weighted by atomic mass is 10.3. The van der Waals surface area contributed by atoms with E-state index in [0.717, 1.165) is 29.8 Å². The minimum absolute atomic E-state index is 0.0683. The third-order valence-electron chi connectivity index (χ3n) is 3.30. The van der Waals surface area contributed by atoms with Crippen molar-refractivity contribution in [1.29, 1.82) is 0 Å². The van der Waals surface area contributed by atoms with E-state index >= 15 is 0 Å². The van der Waals surface area contributed by atoms with Gasteiger partial charge in [0.05, 0.1) is 5.69 Å². The molecule has 2 aromatic heterocycles. The highest BCUT2D eigenvalue weighted by Gasteiger charge is 2.20. The van der Waals surface area contributed by atoms with Crippen LogP contribution in [0, 0.1) is 25.5 Å². The lowest BCUT2D eigenvalue weighted by molar-refractivity contribution is 0.551. The number of aryl methyl sites for hydroxylation is 2. The fraction of sp³-hybridized carbons (Fsp3) is 0.133. The Labute approximate surface area is 142 Å². The van der Waals surface area contributed by atoms with Crippen LogP contribution in [0.3, 0.4) is 0 Å². The third-order valence-corrected chi connectivity index (χ3v) is 4.69. The van der Waals surface area contributed by atoms with Crippen LogP contribution in [-0.2, 0) is 10.0 Å². The zero-order valence-electron chi connectivity index (χ0n) is 13.2. The molecule has 25 heavy (non-hydrogen) atoms. The SMILES string of the molecule is Cc1cc(C)n(-c2cc(NS(=O)(=O)c3ccc(F)cc3F)ncn2)n1. The van der Waals surface area contributed by atoms with E-state index in [-0.39, 0.29) is 5.82 Å². The number of anilines is 1. The molecule has 130 valence electrons. The van der Waals surface area contributed by atoms with Crippen LogP contribution in [0.15, 0.2) is 41.6 Å². The number of nitrogens with one attached hydrogen (secondary N) is 1. The van der Waals surface area contributed by atoms with Crippen molar-refractivity contribution in [2.45, 2.75) is 18.7 Å². The van der Waals surface area contributed by atoms with Crippen molar-refractivity contribution in [3.63, 3.8) is 0 Å². The van der Waals surface area contributed by atoms with Crippen molar-refractivity contribution in [2.75, 3.05) is 4.72 Å². The first kappa shape index (κ1) is 17.0. The molecule has 0 fully saturated rings. The van der Waals surface area contributed by atoms with Gasteiger partial charge in [0, 0.05) is 17.8 Å². The Kier molecular flexibility index (Phi) is 4.21. The van der Waals surface area contributed by atoms with Crippen LogP contribution < -0.4 is 4.72 Å². The largest absolute Gasteiger partial charge is 0.265 e. The summed E-state index contributed by atoms with van der Waals surface area (Å²) in [5.74, 6) is -1.79. The number of halogens is 2. The molecule has 1 aromatic carbocycles. The van der Waals surface area contributed by atoms with Crippen LogP contribution in [-0.4, -0.2) is 28.2 Å². The first-order chi connectivity index (χ1) is 11.8. The Morgan fingerprint density at radius 2 is 1.84 bits per heavy atom. The normalized spacial score (nSPS) is 11.5. The monoisotopic (exact) mass is 365 g/mol. The topological polar surface area (TPSA) is 89.8 Å². The molecule has 0 bridgehead atoms. The molecule has 0 aliphatic carbocycles. The van der Waals surface area contributed by atoms with Crippen molar-refractivity contribution in [2.24, 2.45) is 0 Å². The molecule has 1 N–H and O–H groups in total. The number of sulfonamides is 1. The minimum Gasteiger partial charge on any atom is -0.263 e. The highest BCUT2D eigenvalue weighted by molar-refractivity contribution is 7.92. The van der Waals surface area contributed by atoms with Crippen molar-refractivity contribution in [3.05, 3.63) is 59.7 Å². The summed E-state index contributed by atoms with van der Waals surface area (Å²) < 4.78 is 55.0. The van der Waals surface area contributed by atoms with Crippen molar-refractivity contribution < 1.29 is 17.2 Å². The van der Waals surface area contributed by atoms with Gasteiger partial charge < -0.3 is 0 Å². The van der Waals surface area contributed by atoms with E-state index in [1.54, 1.807) is 0 Å². The summed E-state index contributed by atoms with van der Waals surface area (Å²) in [4.78, 5) is 7.19. The van der Waals surface area contributed by atoms with Crippen molar-refractivity contribution in [1.82, 2.24) is 19.7 Å². The number of hydrogen-bond donors (Lipinski definition) is 1. The zero-order valence-corrected chi connectivity index (χ0v) is 14.1. The van der Waals surface area contributed by atoms with Gasteiger partial charge in [-0.2, -0.15) is 5.10 Å². The van der Waals surface area contributed by atoms with Gasteiger partial charge in [-0.3, -0.25) is 4.72 Å². The molecule has 3 aromatic rings. The summed E-state index contributed by atoms with van der Waals surface area (Å²) >= 11 is 0. The third kappa shape index (κ3) is 3.48. The van der Waals surface area contributed by atoms with Crippen LogP contribution in [0.25, 0.3) is 5.82 Å². The second-order valence-electron chi connectivity index (χ2n) is 5.28. The molecule has 0 radical (unpaired) electrons. The molecule has 0 saturated carbocycles. The maximum Gasteiger partial charge on any atom is 0.265 e. The molecule has 0 atom stereocenters. The van der Waals surface area contributed by atoms with Gasteiger partial charge in [0.2, 0.25) is 0 Å². The molecular weight excluding hydrogens is 352 g/mol. The fourth-order valence-corrected chi connectivity index (χ4v) is 3.33. The van der Waals surface area contributed by atoms with Crippen molar-refractivity contribution in [3.8, 4) is 5.82 Å². The Morgan fingerprint density at radius 3 is 2.48 bits per heavy atom. The molecule has 0 unspecified atom stereocenters. The predicted octanol–water partition coefficient (Wildman–Crippen LogP) is 2.36. The molecule has 0 aliphatic rings. The molecule has 0 aliphatic heterocycles. The van der Waals surface area contributed by atoms with Gasteiger partial charge in [0.1, 0.15) is 28.7 Å². The average Bonchev–Trinajstić information content (AvgIpc) is 2.85. The summed E-state index contributed by atoms with van der Waals surface area (Å²) in [5, 5.41) is 4.25. The van der Waals surface area contributed by atoms with E-state index in [1.807, 2.05) is 19.9 Å². The molecule has 2 heterocycles. The number of aromatic nitrogens is 4. The highest BCUT2D eigenvalue weighted by atomic mass is 32.2. The summed E-state index contributed by atoms with van der Waals surface area (Å²) in [7, 11) is -4.28. The number of benzene rings is 1. The summed E-state index contributed by atoms with van der Waals surface area (Å²) in [5.41, 5.74) is 1.57. The standard InChI is InChI=1S/C15H13F2N5O2S/c1-9-5-10(2)22(20-9)15-7-14(18-8-19-15)21-25(23,24)13-4-3-11(16)6-12(13)17/h3-8H,1-2H3,(H,18,19,21). The van der Waals surface area contributed by atoms with E-state index in [9.17, 15) is 17.2 Å². The molecule has 10 heteroatoms. The van der Waals surface area contributed by atoms with E-state index in [1.165, 1.54) is 10.7 Å². The van der Waals surface area contributed by atoms with E-state index in [4.69, 9.17) is 0 Å². The van der Waals surface area contributed by atoms with E-state index < -0.39 is 26.6 Å². The van der Waals surface area contributed by atoms with Gasteiger partial charge in [-0.05, 0) is 32.0 Å². The highest BCUT2D eigenvalue weighted by Crippen LogP contribution is 2.19. The average molecular weight is 365 g/mol. The van der Waals surface area contributed by atoms with Crippen LogP contribution in [0.1, 0.15) is 11.4 Å². The first-order valence-corrected chi connectivity index (χ1v) is 8.58. The number of rotatable bonds is 4. The van der Waals surface area contributed by atoms with Gasteiger partial charge in [0.25, 0.3) is 10.0 Å². The Balaban J connectivity index is 1.95. The number of hydrogen-bond acceptors (Lipinski definition) is 5. The molecule has 7 nitrogen and oxygen atoms in total. The summed E-state index contributed by atoms with van der Waals surface area (Å²) in [6.07, 6.45) is 1.16. The maximum atomic E-state index is 13.7. The lowest BCUT2D eigenvalue weighted by Crippen LogP contribution is -2.16. The predicted molar refractivity (Wildman–Crippen MR) is 85.8 cm³/mol. The quantitative estimate of drug-likeness (QED) is 0.767. The first-order valence-electron chi connectivity index (χ1n) is 7.10. The molecule has 0 saturated heterocycles. The van der Waals surface area contributed by atoms with E-state index in [2.05, 4.69) is 19.8 Å². The van der Waals surface area contributed by atoms with Gasteiger partial charge in [0.15, 0.2) is 5.82 Å². The fourth-order valence-electron chi connectivity index (χ4n) is 2.27. The molecule has 3 rings (SSSR count). The van der Waals surface area contributed by atoms with Gasteiger partial charge >= 0.3 is 0 Å². The summed E-state index contributed by atoms with van der Waals surface area (Å²) in [6.45, 7) is 3.63. The molecular formula is C15H13F2N5O2S. The zero-order chi connectivity index (χ0) is 18.2. The van der Waals surface area contributed by atoms with Crippen LogP contribution >= 0.6 is 0 Å². The van der Waals surface area contributed by atoms with Crippen LogP contribution in [0.2, 0.25) is 0 Å². The van der Waals surface area contributed by atoms with Crippen molar-refractivity contribution >= 4 is 15.8 Å². The molecule has 0 spiro atoms. The van der Waals surface area contributed by atoms with E-state index in [0.29, 0.717) is 11.9 Å². The minimum atomic E-state index is -4.28. The smallest absolute Gasteiger partial charge is 0.263 e. The van der Waals surface area contributed by atoms with Crippen LogP contribution in [0.5, 0.6) is 0 Å². The number of nitrogens with zero attached hydrogens (tertiary/aromatic N) is 4.